The van der Waals surface area contributed by atoms with E-state index >= 15 is 0 Å². The second-order valence-electron chi connectivity index (χ2n) is 5.78. The molecule has 1 rings (SSSR count). The van der Waals surface area contributed by atoms with E-state index in [1.54, 1.807) is 0 Å². The largest absolute Gasteiger partial charge is 0.342 e. The standard InChI is InChI=1S/C16H32N2O/c1-3-5-7-12-18(13-8-6-4-2)16(19)15-10-9-11-17-14-15/h15,17H,3-14H2,1-2H3. The number of amides is 1. The third-order valence-corrected chi connectivity index (χ3v) is 4.02. The first kappa shape index (κ1) is 16.5. The molecule has 1 N–H and O–H groups in total. The van der Waals surface area contributed by atoms with E-state index in [2.05, 4.69) is 24.1 Å². The number of nitrogens with zero attached hydrogens (tertiary/aromatic N) is 1. The summed E-state index contributed by atoms with van der Waals surface area (Å²) in [4.78, 5) is 14.7. The molecule has 112 valence electrons. The lowest BCUT2D eigenvalue weighted by Gasteiger charge is -2.30. The second-order valence-corrected chi connectivity index (χ2v) is 5.78. The van der Waals surface area contributed by atoms with Crippen molar-refractivity contribution in [2.75, 3.05) is 26.2 Å². The Morgan fingerprint density at radius 3 is 2.21 bits per heavy atom. The summed E-state index contributed by atoms with van der Waals surface area (Å²) in [7, 11) is 0. The Morgan fingerprint density at radius 2 is 1.74 bits per heavy atom. The zero-order valence-electron chi connectivity index (χ0n) is 12.9. The van der Waals surface area contributed by atoms with Gasteiger partial charge in [-0.05, 0) is 32.2 Å². The number of piperidine rings is 1. The van der Waals surface area contributed by atoms with Gasteiger partial charge in [0.25, 0.3) is 0 Å². The number of hydrogen-bond donors (Lipinski definition) is 1. The van der Waals surface area contributed by atoms with Crippen LogP contribution in [0.3, 0.4) is 0 Å². The Labute approximate surface area is 119 Å². The predicted molar refractivity (Wildman–Crippen MR) is 81.2 cm³/mol. The minimum absolute atomic E-state index is 0.233. The van der Waals surface area contributed by atoms with E-state index in [4.69, 9.17) is 0 Å². The molecule has 1 atom stereocenters. The second kappa shape index (κ2) is 10.2. The van der Waals surface area contributed by atoms with Gasteiger partial charge in [0.2, 0.25) is 5.91 Å². The molecule has 0 spiro atoms. The topological polar surface area (TPSA) is 32.3 Å². The van der Waals surface area contributed by atoms with E-state index in [9.17, 15) is 4.79 Å². The summed E-state index contributed by atoms with van der Waals surface area (Å²) < 4.78 is 0. The van der Waals surface area contributed by atoms with Crippen molar-refractivity contribution in [3.8, 4) is 0 Å². The summed E-state index contributed by atoms with van der Waals surface area (Å²) in [5, 5.41) is 3.36. The van der Waals surface area contributed by atoms with Crippen molar-refractivity contribution in [2.24, 2.45) is 5.92 Å². The Hall–Kier alpha value is -0.570. The Bertz CT molecular complexity index is 227. The Morgan fingerprint density at radius 1 is 1.11 bits per heavy atom. The molecule has 0 radical (unpaired) electrons. The highest BCUT2D eigenvalue weighted by molar-refractivity contribution is 5.79. The molecule has 0 aromatic heterocycles. The molecule has 0 bridgehead atoms. The van der Waals surface area contributed by atoms with E-state index < -0.39 is 0 Å². The van der Waals surface area contributed by atoms with Crippen molar-refractivity contribution in [2.45, 2.75) is 65.2 Å². The summed E-state index contributed by atoms with van der Waals surface area (Å²) in [5.74, 6) is 0.636. The molecular formula is C16H32N2O. The molecule has 0 aliphatic carbocycles. The first-order chi connectivity index (χ1) is 9.29. The molecule has 1 aliphatic heterocycles. The van der Waals surface area contributed by atoms with Gasteiger partial charge in [-0.1, -0.05) is 39.5 Å². The van der Waals surface area contributed by atoms with E-state index in [1.807, 2.05) is 0 Å². The van der Waals surface area contributed by atoms with Gasteiger partial charge in [0, 0.05) is 19.6 Å². The van der Waals surface area contributed by atoms with Gasteiger partial charge in [0.15, 0.2) is 0 Å². The van der Waals surface area contributed by atoms with Crippen LogP contribution in [0.2, 0.25) is 0 Å². The van der Waals surface area contributed by atoms with Crippen LogP contribution in [0, 0.1) is 5.92 Å². The minimum Gasteiger partial charge on any atom is -0.342 e. The zero-order chi connectivity index (χ0) is 13.9. The molecular weight excluding hydrogens is 236 g/mol. The summed E-state index contributed by atoms with van der Waals surface area (Å²) >= 11 is 0. The molecule has 1 amide bonds. The highest BCUT2D eigenvalue weighted by Crippen LogP contribution is 2.15. The highest BCUT2D eigenvalue weighted by atomic mass is 16.2. The van der Waals surface area contributed by atoms with Gasteiger partial charge >= 0.3 is 0 Å². The molecule has 0 aromatic rings. The quantitative estimate of drug-likeness (QED) is 0.651. The molecule has 1 aliphatic rings. The number of carbonyl (C=O) groups is 1. The molecule has 0 aromatic carbocycles. The maximum absolute atomic E-state index is 12.6. The van der Waals surface area contributed by atoms with Crippen molar-refractivity contribution in [1.82, 2.24) is 10.2 Å². The van der Waals surface area contributed by atoms with E-state index in [0.29, 0.717) is 5.91 Å². The van der Waals surface area contributed by atoms with Crippen LogP contribution >= 0.6 is 0 Å². The maximum atomic E-state index is 12.6. The Balaban J connectivity index is 2.41. The van der Waals surface area contributed by atoms with E-state index in [-0.39, 0.29) is 5.92 Å². The van der Waals surface area contributed by atoms with E-state index in [0.717, 1.165) is 51.9 Å². The van der Waals surface area contributed by atoms with Crippen LogP contribution in [0.25, 0.3) is 0 Å². The van der Waals surface area contributed by atoms with Gasteiger partial charge < -0.3 is 10.2 Å². The van der Waals surface area contributed by atoms with Crippen LogP contribution in [0.1, 0.15) is 65.2 Å². The van der Waals surface area contributed by atoms with Crippen molar-refractivity contribution in [1.29, 1.82) is 0 Å². The Kier molecular flexibility index (Phi) is 8.89. The molecule has 0 saturated carbocycles. The average Bonchev–Trinajstić information content (AvgIpc) is 2.46. The van der Waals surface area contributed by atoms with Crippen molar-refractivity contribution >= 4 is 5.91 Å². The van der Waals surface area contributed by atoms with Gasteiger partial charge in [-0.15, -0.1) is 0 Å². The fourth-order valence-corrected chi connectivity index (χ4v) is 2.76. The summed E-state index contributed by atoms with van der Waals surface area (Å²) in [6.45, 7) is 8.33. The van der Waals surface area contributed by atoms with Crippen LogP contribution in [0.4, 0.5) is 0 Å². The van der Waals surface area contributed by atoms with Crippen LogP contribution in [-0.2, 0) is 4.79 Å². The number of nitrogens with one attached hydrogen (secondary N) is 1. The normalized spacial score (nSPS) is 19.4. The molecule has 1 heterocycles. The average molecular weight is 268 g/mol. The number of carbonyl (C=O) groups excluding carboxylic acids is 1. The summed E-state index contributed by atoms with van der Waals surface area (Å²) in [5.41, 5.74) is 0. The first-order valence-electron chi connectivity index (χ1n) is 8.29. The SMILES string of the molecule is CCCCCN(CCCCC)C(=O)C1CCCNC1. The number of hydrogen-bond acceptors (Lipinski definition) is 2. The van der Waals surface area contributed by atoms with Crippen LogP contribution in [0.15, 0.2) is 0 Å². The lowest BCUT2D eigenvalue weighted by atomic mass is 9.97. The summed E-state index contributed by atoms with van der Waals surface area (Å²) in [6, 6.07) is 0. The van der Waals surface area contributed by atoms with Gasteiger partial charge in [0.1, 0.15) is 0 Å². The molecule has 1 fully saturated rings. The highest BCUT2D eigenvalue weighted by Gasteiger charge is 2.25. The van der Waals surface area contributed by atoms with Crippen LogP contribution < -0.4 is 5.32 Å². The lowest BCUT2D eigenvalue weighted by Crippen LogP contribution is -2.43. The summed E-state index contributed by atoms with van der Waals surface area (Å²) in [6.07, 6.45) is 9.46. The molecule has 3 heteroatoms. The van der Waals surface area contributed by atoms with Gasteiger partial charge in [-0.25, -0.2) is 0 Å². The third kappa shape index (κ3) is 6.42. The van der Waals surface area contributed by atoms with Gasteiger partial charge in [0.05, 0.1) is 5.92 Å². The molecule has 19 heavy (non-hydrogen) atoms. The first-order valence-corrected chi connectivity index (χ1v) is 8.29. The lowest BCUT2D eigenvalue weighted by molar-refractivity contribution is -0.136. The fourth-order valence-electron chi connectivity index (χ4n) is 2.76. The van der Waals surface area contributed by atoms with Crippen LogP contribution in [0.5, 0.6) is 0 Å². The van der Waals surface area contributed by atoms with Crippen molar-refractivity contribution in [3.05, 3.63) is 0 Å². The maximum Gasteiger partial charge on any atom is 0.226 e. The minimum atomic E-state index is 0.233. The van der Waals surface area contributed by atoms with Crippen molar-refractivity contribution < 1.29 is 4.79 Å². The predicted octanol–water partition coefficient (Wildman–Crippen LogP) is 3.20. The smallest absolute Gasteiger partial charge is 0.226 e. The monoisotopic (exact) mass is 268 g/mol. The van der Waals surface area contributed by atoms with Gasteiger partial charge in [-0.3, -0.25) is 4.79 Å². The zero-order valence-corrected chi connectivity index (χ0v) is 12.9. The van der Waals surface area contributed by atoms with Crippen molar-refractivity contribution in [3.63, 3.8) is 0 Å². The number of unbranched alkanes of at least 4 members (excludes halogenated alkanes) is 4. The van der Waals surface area contributed by atoms with E-state index in [1.165, 1.54) is 25.7 Å². The van der Waals surface area contributed by atoms with Gasteiger partial charge in [-0.2, -0.15) is 0 Å². The van der Waals surface area contributed by atoms with Crippen LogP contribution in [-0.4, -0.2) is 37.0 Å². The molecule has 3 nitrogen and oxygen atoms in total. The third-order valence-electron chi connectivity index (χ3n) is 4.02. The fraction of sp³-hybridized carbons (Fsp3) is 0.938. The number of rotatable bonds is 9. The molecule has 1 unspecified atom stereocenters. The molecule has 1 saturated heterocycles.